The summed E-state index contributed by atoms with van der Waals surface area (Å²) >= 11 is 0. The van der Waals surface area contributed by atoms with E-state index in [0.717, 1.165) is 12.8 Å². The first-order valence-corrected chi connectivity index (χ1v) is 6.48. The number of nitrogens with zero attached hydrogens (tertiary/aromatic N) is 2. The molecule has 1 aromatic heterocycles. The average molecular weight is 257 g/mol. The highest BCUT2D eigenvalue weighted by molar-refractivity contribution is 5.93. The number of carbonyl (C=O) groups is 1. The number of aryl methyl sites for hydroxylation is 2. The van der Waals surface area contributed by atoms with Gasteiger partial charge in [0.05, 0.1) is 11.8 Å². The van der Waals surface area contributed by atoms with Crippen molar-refractivity contribution in [3.05, 3.63) is 53.9 Å². The zero-order valence-corrected chi connectivity index (χ0v) is 11.3. The summed E-state index contributed by atoms with van der Waals surface area (Å²) in [7, 11) is 1.80. The van der Waals surface area contributed by atoms with Crippen molar-refractivity contribution in [2.75, 3.05) is 0 Å². The molecule has 2 rings (SSSR count). The second-order valence-electron chi connectivity index (χ2n) is 4.80. The molecule has 19 heavy (non-hydrogen) atoms. The first kappa shape index (κ1) is 13.3. The molecule has 2 aromatic rings. The maximum Gasteiger partial charge on any atom is 0.254 e. The van der Waals surface area contributed by atoms with Crippen LogP contribution in [0.4, 0.5) is 0 Å². The molecule has 1 N–H and O–H groups in total. The first-order chi connectivity index (χ1) is 9.15. The minimum Gasteiger partial charge on any atom is -0.349 e. The molecule has 0 aliphatic rings. The third-order valence-electron chi connectivity index (χ3n) is 3.05. The van der Waals surface area contributed by atoms with Crippen LogP contribution in [-0.2, 0) is 13.5 Å². The van der Waals surface area contributed by atoms with Crippen LogP contribution in [0.15, 0.2) is 42.7 Å². The number of aromatic nitrogens is 2. The molecule has 0 saturated carbocycles. The second kappa shape index (κ2) is 6.18. The van der Waals surface area contributed by atoms with Gasteiger partial charge in [-0.15, -0.1) is 0 Å². The lowest BCUT2D eigenvalue weighted by Gasteiger charge is -2.13. The molecule has 0 spiro atoms. The zero-order chi connectivity index (χ0) is 13.7. The van der Waals surface area contributed by atoms with Crippen LogP contribution in [0, 0.1) is 0 Å². The third-order valence-corrected chi connectivity index (χ3v) is 3.05. The van der Waals surface area contributed by atoms with Gasteiger partial charge in [-0.1, -0.05) is 30.3 Å². The van der Waals surface area contributed by atoms with Crippen molar-refractivity contribution in [1.29, 1.82) is 0 Å². The Morgan fingerprint density at radius 3 is 2.74 bits per heavy atom. The van der Waals surface area contributed by atoms with E-state index in [9.17, 15) is 4.79 Å². The highest BCUT2D eigenvalue weighted by Crippen LogP contribution is 2.05. The van der Waals surface area contributed by atoms with E-state index in [1.807, 2.05) is 25.1 Å². The van der Waals surface area contributed by atoms with Gasteiger partial charge in [-0.3, -0.25) is 9.48 Å². The lowest BCUT2D eigenvalue weighted by Crippen LogP contribution is -2.32. The molecule has 0 radical (unpaired) electrons. The van der Waals surface area contributed by atoms with Gasteiger partial charge in [-0.2, -0.15) is 5.10 Å². The van der Waals surface area contributed by atoms with Crippen molar-refractivity contribution in [2.24, 2.45) is 7.05 Å². The molecule has 0 unspecified atom stereocenters. The van der Waals surface area contributed by atoms with Crippen molar-refractivity contribution in [2.45, 2.75) is 25.8 Å². The zero-order valence-electron chi connectivity index (χ0n) is 11.3. The number of carbonyl (C=O) groups excluding carboxylic acids is 1. The molecule has 1 amide bonds. The minimum absolute atomic E-state index is 0.0614. The predicted octanol–water partition coefficient (Wildman–Crippen LogP) is 2.17. The Hall–Kier alpha value is -2.10. The van der Waals surface area contributed by atoms with Crippen molar-refractivity contribution < 1.29 is 4.79 Å². The van der Waals surface area contributed by atoms with Gasteiger partial charge in [0.15, 0.2) is 0 Å². The normalized spacial score (nSPS) is 12.1. The van der Waals surface area contributed by atoms with Gasteiger partial charge >= 0.3 is 0 Å². The van der Waals surface area contributed by atoms with Crippen molar-refractivity contribution >= 4 is 5.91 Å². The molecule has 1 atom stereocenters. The van der Waals surface area contributed by atoms with Crippen LogP contribution in [0.1, 0.15) is 29.3 Å². The molecule has 0 aliphatic carbocycles. The van der Waals surface area contributed by atoms with E-state index in [1.165, 1.54) is 5.56 Å². The number of hydrogen-bond acceptors (Lipinski definition) is 2. The first-order valence-electron chi connectivity index (χ1n) is 6.48. The van der Waals surface area contributed by atoms with Gasteiger partial charge in [0, 0.05) is 19.3 Å². The van der Waals surface area contributed by atoms with E-state index >= 15 is 0 Å². The van der Waals surface area contributed by atoms with E-state index in [-0.39, 0.29) is 11.9 Å². The molecule has 1 heterocycles. The van der Waals surface area contributed by atoms with Crippen LogP contribution in [0.25, 0.3) is 0 Å². The fourth-order valence-corrected chi connectivity index (χ4v) is 1.95. The third kappa shape index (κ3) is 3.95. The summed E-state index contributed by atoms with van der Waals surface area (Å²) in [4.78, 5) is 11.9. The fraction of sp³-hybridized carbons (Fsp3) is 0.333. The number of rotatable bonds is 5. The maximum absolute atomic E-state index is 11.9. The van der Waals surface area contributed by atoms with E-state index < -0.39 is 0 Å². The highest BCUT2D eigenvalue weighted by Gasteiger charge is 2.11. The Bertz CT molecular complexity index is 533. The number of amides is 1. The van der Waals surface area contributed by atoms with Crippen molar-refractivity contribution in [1.82, 2.24) is 15.1 Å². The molecular weight excluding hydrogens is 238 g/mol. The Kier molecular flexibility index (Phi) is 4.34. The molecule has 0 aliphatic heterocycles. The highest BCUT2D eigenvalue weighted by atomic mass is 16.1. The molecule has 100 valence electrons. The van der Waals surface area contributed by atoms with Gasteiger partial charge in [-0.25, -0.2) is 0 Å². The average Bonchev–Trinajstić information content (AvgIpc) is 2.84. The summed E-state index contributed by atoms with van der Waals surface area (Å²) in [5.41, 5.74) is 1.90. The summed E-state index contributed by atoms with van der Waals surface area (Å²) in [5, 5.41) is 6.98. The Balaban J connectivity index is 1.81. The SMILES string of the molecule is C[C@H](CCc1ccccc1)NC(=O)c1cnn(C)c1. The van der Waals surface area contributed by atoms with Crippen LogP contribution in [0.5, 0.6) is 0 Å². The largest absolute Gasteiger partial charge is 0.349 e. The molecule has 0 bridgehead atoms. The second-order valence-corrected chi connectivity index (χ2v) is 4.80. The molecule has 0 fully saturated rings. The Morgan fingerprint density at radius 1 is 1.37 bits per heavy atom. The topological polar surface area (TPSA) is 46.9 Å². The minimum atomic E-state index is -0.0614. The number of nitrogens with one attached hydrogen (secondary N) is 1. The Morgan fingerprint density at radius 2 is 2.11 bits per heavy atom. The van der Waals surface area contributed by atoms with Crippen LogP contribution < -0.4 is 5.32 Å². The summed E-state index contributed by atoms with van der Waals surface area (Å²) in [6, 6.07) is 10.4. The number of hydrogen-bond donors (Lipinski definition) is 1. The maximum atomic E-state index is 11.9. The molecule has 0 saturated heterocycles. The summed E-state index contributed by atoms with van der Waals surface area (Å²) in [6.07, 6.45) is 5.20. The summed E-state index contributed by atoms with van der Waals surface area (Å²) in [5.74, 6) is -0.0614. The summed E-state index contributed by atoms with van der Waals surface area (Å²) < 4.78 is 1.63. The van der Waals surface area contributed by atoms with Crippen molar-refractivity contribution in [3.8, 4) is 0 Å². The lowest BCUT2D eigenvalue weighted by atomic mass is 10.1. The van der Waals surface area contributed by atoms with Crippen LogP contribution in [0.3, 0.4) is 0 Å². The monoisotopic (exact) mass is 257 g/mol. The van der Waals surface area contributed by atoms with Crippen molar-refractivity contribution in [3.63, 3.8) is 0 Å². The van der Waals surface area contributed by atoms with Gasteiger partial charge in [0.25, 0.3) is 5.91 Å². The molecule has 1 aromatic carbocycles. The standard InChI is InChI=1S/C15H19N3O/c1-12(8-9-13-6-4-3-5-7-13)17-15(19)14-10-16-18(2)11-14/h3-7,10-12H,8-9H2,1-2H3,(H,17,19)/t12-/m1/s1. The molecule has 4 heteroatoms. The predicted molar refractivity (Wildman–Crippen MR) is 74.9 cm³/mol. The fourth-order valence-electron chi connectivity index (χ4n) is 1.95. The van der Waals surface area contributed by atoms with E-state index in [1.54, 1.807) is 24.1 Å². The van der Waals surface area contributed by atoms with E-state index in [2.05, 4.69) is 22.5 Å². The quantitative estimate of drug-likeness (QED) is 0.892. The number of benzene rings is 1. The molecule has 4 nitrogen and oxygen atoms in total. The van der Waals surface area contributed by atoms with E-state index in [4.69, 9.17) is 0 Å². The van der Waals surface area contributed by atoms with Gasteiger partial charge in [0.2, 0.25) is 0 Å². The van der Waals surface area contributed by atoms with E-state index in [0.29, 0.717) is 5.56 Å². The summed E-state index contributed by atoms with van der Waals surface area (Å²) in [6.45, 7) is 2.03. The molecular formula is C15H19N3O. The van der Waals surface area contributed by atoms with Gasteiger partial charge < -0.3 is 5.32 Å². The Labute approximate surface area is 113 Å². The van der Waals surface area contributed by atoms with Gasteiger partial charge in [-0.05, 0) is 25.3 Å². The van der Waals surface area contributed by atoms with Crippen LogP contribution in [-0.4, -0.2) is 21.7 Å². The van der Waals surface area contributed by atoms with Crippen LogP contribution in [0.2, 0.25) is 0 Å². The van der Waals surface area contributed by atoms with Crippen LogP contribution >= 0.6 is 0 Å². The lowest BCUT2D eigenvalue weighted by molar-refractivity contribution is 0.0938. The van der Waals surface area contributed by atoms with Gasteiger partial charge in [0.1, 0.15) is 0 Å². The smallest absolute Gasteiger partial charge is 0.254 e.